The number of piperidine rings is 1. The molecule has 140 valence electrons. The number of aryl methyl sites for hydroxylation is 1. The molecule has 1 aliphatic rings. The average molecular weight is 356 g/mol. The van der Waals surface area contributed by atoms with Crippen LogP contribution in [0, 0.1) is 12.8 Å². The number of hydrogen-bond donors (Lipinski definition) is 1. The second-order valence-electron chi connectivity index (χ2n) is 7.18. The van der Waals surface area contributed by atoms with Crippen molar-refractivity contribution >= 4 is 5.91 Å². The first kappa shape index (κ1) is 18.6. The van der Waals surface area contributed by atoms with E-state index in [9.17, 15) is 4.79 Å². The van der Waals surface area contributed by atoms with E-state index in [0.29, 0.717) is 30.6 Å². The summed E-state index contributed by atoms with van der Waals surface area (Å²) >= 11 is 0. The van der Waals surface area contributed by atoms with E-state index in [1.165, 1.54) is 5.56 Å². The summed E-state index contributed by atoms with van der Waals surface area (Å²) in [5.41, 5.74) is 2.18. The summed E-state index contributed by atoms with van der Waals surface area (Å²) in [7, 11) is 0. The molecule has 6 heteroatoms. The summed E-state index contributed by atoms with van der Waals surface area (Å²) in [4.78, 5) is 18.5. The molecule has 0 bridgehead atoms. The molecule has 1 N–H and O–H groups in total. The van der Waals surface area contributed by atoms with E-state index in [4.69, 9.17) is 4.52 Å². The maximum absolute atomic E-state index is 11.7. The highest BCUT2D eigenvalue weighted by atomic mass is 16.5. The van der Waals surface area contributed by atoms with Gasteiger partial charge in [-0.2, -0.15) is 4.98 Å². The third-order valence-corrected chi connectivity index (χ3v) is 4.80. The second kappa shape index (κ2) is 8.94. The van der Waals surface area contributed by atoms with Gasteiger partial charge in [-0.1, -0.05) is 41.9 Å². The maximum Gasteiger partial charge on any atom is 0.241 e. The van der Waals surface area contributed by atoms with Crippen LogP contribution in [0.25, 0.3) is 11.4 Å². The fourth-order valence-corrected chi connectivity index (χ4v) is 3.37. The zero-order chi connectivity index (χ0) is 18.4. The number of likely N-dealkylation sites (tertiary alicyclic amines) is 1. The molecule has 1 fully saturated rings. The van der Waals surface area contributed by atoms with Crippen LogP contribution < -0.4 is 5.32 Å². The van der Waals surface area contributed by atoms with Crippen molar-refractivity contribution in [3.8, 4) is 11.4 Å². The maximum atomic E-state index is 11.7. The van der Waals surface area contributed by atoms with Gasteiger partial charge in [-0.3, -0.25) is 9.69 Å². The molecule has 2 heterocycles. The quantitative estimate of drug-likeness (QED) is 0.825. The van der Waals surface area contributed by atoms with Crippen molar-refractivity contribution in [1.29, 1.82) is 0 Å². The van der Waals surface area contributed by atoms with Crippen molar-refractivity contribution in [2.75, 3.05) is 19.6 Å². The summed E-state index contributed by atoms with van der Waals surface area (Å²) in [5.74, 6) is 1.94. The van der Waals surface area contributed by atoms with Gasteiger partial charge in [-0.05, 0) is 38.6 Å². The van der Waals surface area contributed by atoms with E-state index < -0.39 is 0 Å². The number of benzene rings is 1. The molecular weight excluding hydrogens is 328 g/mol. The van der Waals surface area contributed by atoms with Gasteiger partial charge in [0.2, 0.25) is 17.6 Å². The van der Waals surface area contributed by atoms with Gasteiger partial charge < -0.3 is 9.84 Å². The number of aromatic nitrogens is 2. The molecule has 1 unspecified atom stereocenters. The predicted molar refractivity (Wildman–Crippen MR) is 100 cm³/mol. The van der Waals surface area contributed by atoms with Crippen LogP contribution in [0.5, 0.6) is 0 Å². The topological polar surface area (TPSA) is 71.3 Å². The number of carbonyl (C=O) groups is 1. The van der Waals surface area contributed by atoms with Crippen molar-refractivity contribution < 1.29 is 9.32 Å². The summed E-state index contributed by atoms with van der Waals surface area (Å²) in [6, 6.07) is 8.13. The molecule has 1 aromatic carbocycles. The molecule has 1 atom stereocenters. The Morgan fingerprint density at radius 3 is 2.92 bits per heavy atom. The van der Waals surface area contributed by atoms with Crippen LogP contribution in [0.3, 0.4) is 0 Å². The Balaban J connectivity index is 1.52. The Bertz CT molecular complexity index is 711. The minimum Gasteiger partial charge on any atom is -0.356 e. The van der Waals surface area contributed by atoms with Gasteiger partial charge in [0.25, 0.3) is 0 Å². The van der Waals surface area contributed by atoms with E-state index in [-0.39, 0.29) is 5.91 Å². The molecule has 0 aliphatic carbocycles. The molecule has 6 nitrogen and oxygen atoms in total. The lowest BCUT2D eigenvalue weighted by Gasteiger charge is -2.31. The van der Waals surface area contributed by atoms with E-state index in [1.54, 1.807) is 0 Å². The Kier molecular flexibility index (Phi) is 6.39. The van der Waals surface area contributed by atoms with Crippen LogP contribution in [0.15, 0.2) is 28.8 Å². The predicted octanol–water partition coefficient (Wildman–Crippen LogP) is 3.17. The van der Waals surface area contributed by atoms with Crippen LogP contribution in [-0.4, -0.2) is 40.6 Å². The third kappa shape index (κ3) is 5.14. The lowest BCUT2D eigenvalue weighted by molar-refractivity contribution is -0.121. The monoisotopic (exact) mass is 356 g/mol. The molecule has 0 spiro atoms. The number of nitrogens with zero attached hydrogens (tertiary/aromatic N) is 3. The highest BCUT2D eigenvalue weighted by Gasteiger charge is 2.22. The standard InChI is InChI=1S/C20H28N4O2/c1-3-5-18(25)21-12-16-6-4-11-24(13-16)14-19-22-20(23-26-19)17-9-7-15(2)8-10-17/h7-10,16H,3-6,11-14H2,1-2H3,(H,21,25). The van der Waals surface area contributed by atoms with Crippen LogP contribution in [-0.2, 0) is 11.3 Å². The first-order chi connectivity index (χ1) is 12.6. The third-order valence-electron chi connectivity index (χ3n) is 4.80. The summed E-state index contributed by atoms with van der Waals surface area (Å²) < 4.78 is 5.44. The van der Waals surface area contributed by atoms with Crippen molar-refractivity contribution in [3.05, 3.63) is 35.7 Å². The molecule has 2 aromatic rings. The fourth-order valence-electron chi connectivity index (χ4n) is 3.37. The van der Waals surface area contributed by atoms with E-state index in [0.717, 1.165) is 44.5 Å². The normalized spacial score (nSPS) is 18.0. The Labute approximate surface area is 155 Å². The van der Waals surface area contributed by atoms with Crippen LogP contribution >= 0.6 is 0 Å². The zero-order valence-electron chi connectivity index (χ0n) is 15.7. The van der Waals surface area contributed by atoms with Gasteiger partial charge in [0.15, 0.2) is 0 Å². The molecule has 1 amide bonds. The minimum atomic E-state index is 0.157. The lowest BCUT2D eigenvalue weighted by atomic mass is 9.98. The van der Waals surface area contributed by atoms with Crippen molar-refractivity contribution in [1.82, 2.24) is 20.4 Å². The highest BCUT2D eigenvalue weighted by Crippen LogP contribution is 2.20. The van der Waals surface area contributed by atoms with Gasteiger partial charge in [0.05, 0.1) is 6.54 Å². The number of rotatable bonds is 7. The first-order valence-corrected chi connectivity index (χ1v) is 9.52. The molecule has 1 aliphatic heterocycles. The highest BCUT2D eigenvalue weighted by molar-refractivity contribution is 5.75. The number of hydrogen-bond acceptors (Lipinski definition) is 5. The van der Waals surface area contributed by atoms with Crippen molar-refractivity contribution in [2.45, 2.75) is 46.1 Å². The average Bonchev–Trinajstić information content (AvgIpc) is 3.10. The molecule has 0 radical (unpaired) electrons. The fraction of sp³-hybridized carbons (Fsp3) is 0.550. The van der Waals surface area contributed by atoms with Crippen LogP contribution in [0.2, 0.25) is 0 Å². The molecule has 1 saturated heterocycles. The Hall–Kier alpha value is -2.21. The van der Waals surface area contributed by atoms with Gasteiger partial charge in [0, 0.05) is 25.1 Å². The van der Waals surface area contributed by atoms with Gasteiger partial charge in [-0.15, -0.1) is 0 Å². The van der Waals surface area contributed by atoms with E-state index in [1.807, 2.05) is 31.2 Å². The largest absolute Gasteiger partial charge is 0.356 e. The second-order valence-corrected chi connectivity index (χ2v) is 7.18. The molecule has 0 saturated carbocycles. The zero-order valence-corrected chi connectivity index (χ0v) is 15.7. The van der Waals surface area contributed by atoms with Gasteiger partial charge >= 0.3 is 0 Å². The number of carbonyl (C=O) groups excluding carboxylic acids is 1. The van der Waals surface area contributed by atoms with Gasteiger partial charge in [-0.25, -0.2) is 0 Å². The Morgan fingerprint density at radius 1 is 1.35 bits per heavy atom. The summed E-state index contributed by atoms with van der Waals surface area (Å²) in [5, 5.41) is 7.16. The molecule has 3 rings (SSSR count). The molecular formula is C20H28N4O2. The minimum absolute atomic E-state index is 0.157. The number of nitrogens with one attached hydrogen (secondary N) is 1. The van der Waals surface area contributed by atoms with E-state index in [2.05, 4.69) is 27.3 Å². The SMILES string of the molecule is CCCC(=O)NCC1CCCN(Cc2nc(-c3ccc(C)cc3)no2)C1. The molecule has 1 aromatic heterocycles. The van der Waals surface area contributed by atoms with Crippen LogP contribution in [0.1, 0.15) is 44.1 Å². The van der Waals surface area contributed by atoms with Gasteiger partial charge in [0.1, 0.15) is 0 Å². The summed E-state index contributed by atoms with van der Waals surface area (Å²) in [6.45, 7) is 7.49. The first-order valence-electron chi connectivity index (χ1n) is 9.52. The van der Waals surface area contributed by atoms with Crippen molar-refractivity contribution in [3.63, 3.8) is 0 Å². The summed E-state index contributed by atoms with van der Waals surface area (Å²) in [6.07, 6.45) is 3.79. The lowest BCUT2D eigenvalue weighted by Crippen LogP contribution is -2.40. The van der Waals surface area contributed by atoms with E-state index >= 15 is 0 Å². The van der Waals surface area contributed by atoms with Crippen molar-refractivity contribution in [2.24, 2.45) is 5.92 Å². The molecule has 26 heavy (non-hydrogen) atoms. The Morgan fingerprint density at radius 2 is 2.15 bits per heavy atom. The van der Waals surface area contributed by atoms with Crippen LogP contribution in [0.4, 0.5) is 0 Å². The smallest absolute Gasteiger partial charge is 0.241 e. The number of amides is 1.